The maximum Gasteiger partial charge on any atom is 0.0417 e. The first-order valence-electron chi connectivity index (χ1n) is 6.46. The van der Waals surface area contributed by atoms with E-state index in [9.17, 15) is 0 Å². The quantitative estimate of drug-likeness (QED) is 0.912. The lowest BCUT2D eigenvalue weighted by molar-refractivity contribution is 0.192. The van der Waals surface area contributed by atoms with Crippen LogP contribution < -0.4 is 5.73 Å². The minimum Gasteiger partial charge on any atom is -0.330 e. The Morgan fingerprint density at radius 1 is 1.44 bits per heavy atom. The van der Waals surface area contributed by atoms with Crippen molar-refractivity contribution in [3.8, 4) is 0 Å². The van der Waals surface area contributed by atoms with Crippen molar-refractivity contribution in [2.45, 2.75) is 31.8 Å². The van der Waals surface area contributed by atoms with Crippen molar-refractivity contribution in [3.05, 3.63) is 33.3 Å². The second-order valence-electron chi connectivity index (χ2n) is 5.14. The minimum atomic E-state index is 0.623. The fourth-order valence-corrected chi connectivity index (χ4v) is 3.72. The highest BCUT2D eigenvalue weighted by Crippen LogP contribution is 2.30. The molecule has 1 aromatic rings. The van der Waals surface area contributed by atoms with E-state index in [0.29, 0.717) is 12.0 Å². The number of rotatable bonds is 4. The van der Waals surface area contributed by atoms with Gasteiger partial charge >= 0.3 is 0 Å². The summed E-state index contributed by atoms with van der Waals surface area (Å²) in [6.07, 6.45) is 3.84. The van der Waals surface area contributed by atoms with Crippen LogP contribution in [0.5, 0.6) is 0 Å². The van der Waals surface area contributed by atoms with Gasteiger partial charge < -0.3 is 5.73 Å². The molecule has 0 amide bonds. The monoisotopic (exact) mass is 330 g/mol. The van der Waals surface area contributed by atoms with Gasteiger partial charge in [0.25, 0.3) is 0 Å². The molecule has 2 N–H and O–H groups in total. The summed E-state index contributed by atoms with van der Waals surface area (Å²) < 4.78 is 1.09. The van der Waals surface area contributed by atoms with Gasteiger partial charge in [-0.3, -0.25) is 4.90 Å². The number of benzene rings is 1. The minimum absolute atomic E-state index is 0.623. The SMILES string of the molecule is CN(Cc1ccc(Cl)cc1Br)C1CCCC1CN. The van der Waals surface area contributed by atoms with Crippen LogP contribution in [0.4, 0.5) is 0 Å². The molecule has 2 atom stereocenters. The Kier molecular flexibility index (Phi) is 5.07. The van der Waals surface area contributed by atoms with E-state index in [4.69, 9.17) is 17.3 Å². The van der Waals surface area contributed by atoms with Crippen molar-refractivity contribution in [3.63, 3.8) is 0 Å². The molecule has 1 aromatic carbocycles. The van der Waals surface area contributed by atoms with E-state index in [1.807, 2.05) is 12.1 Å². The molecule has 0 heterocycles. The molecule has 0 spiro atoms. The summed E-state index contributed by atoms with van der Waals surface area (Å²) in [5.74, 6) is 0.654. The van der Waals surface area contributed by atoms with E-state index >= 15 is 0 Å². The molecule has 0 aliphatic heterocycles. The van der Waals surface area contributed by atoms with Crippen molar-refractivity contribution in [2.24, 2.45) is 11.7 Å². The first-order valence-corrected chi connectivity index (χ1v) is 7.63. The average Bonchev–Trinajstić information content (AvgIpc) is 2.81. The van der Waals surface area contributed by atoms with E-state index in [1.54, 1.807) is 0 Å². The van der Waals surface area contributed by atoms with E-state index < -0.39 is 0 Å². The Morgan fingerprint density at radius 2 is 2.22 bits per heavy atom. The van der Waals surface area contributed by atoms with Gasteiger partial charge in [-0.15, -0.1) is 0 Å². The standard InChI is InChI=1S/C14H20BrClN2/c1-18(14-4-2-3-10(14)8-17)9-11-5-6-12(16)7-13(11)15/h5-7,10,14H,2-4,8-9,17H2,1H3. The van der Waals surface area contributed by atoms with E-state index in [0.717, 1.165) is 22.6 Å². The van der Waals surface area contributed by atoms with Gasteiger partial charge in [0.05, 0.1) is 0 Å². The largest absolute Gasteiger partial charge is 0.330 e. The van der Waals surface area contributed by atoms with Gasteiger partial charge in [0, 0.05) is 22.1 Å². The lowest BCUT2D eigenvalue weighted by atomic mass is 10.0. The third-order valence-corrected chi connectivity index (χ3v) is 4.90. The molecule has 2 unspecified atom stereocenters. The molecule has 0 aromatic heterocycles. The van der Waals surface area contributed by atoms with Gasteiger partial charge in [-0.2, -0.15) is 0 Å². The molecule has 1 aliphatic rings. The third kappa shape index (κ3) is 3.27. The Bertz CT molecular complexity index is 411. The van der Waals surface area contributed by atoms with Crippen LogP contribution in [0.2, 0.25) is 5.02 Å². The van der Waals surface area contributed by atoms with Crippen LogP contribution in [0.1, 0.15) is 24.8 Å². The molecule has 0 saturated heterocycles. The van der Waals surface area contributed by atoms with Gasteiger partial charge in [-0.1, -0.05) is 40.0 Å². The number of nitrogens with zero attached hydrogens (tertiary/aromatic N) is 1. The Balaban J connectivity index is 2.04. The van der Waals surface area contributed by atoms with E-state index in [1.165, 1.54) is 24.8 Å². The predicted molar refractivity (Wildman–Crippen MR) is 80.8 cm³/mol. The average molecular weight is 332 g/mol. The maximum atomic E-state index is 5.97. The van der Waals surface area contributed by atoms with Gasteiger partial charge in [0.15, 0.2) is 0 Å². The van der Waals surface area contributed by atoms with E-state index in [2.05, 4.69) is 33.9 Å². The van der Waals surface area contributed by atoms with Crippen LogP contribution in [0, 0.1) is 5.92 Å². The van der Waals surface area contributed by atoms with Crippen LogP contribution in [-0.2, 0) is 6.54 Å². The second kappa shape index (κ2) is 6.38. The Morgan fingerprint density at radius 3 is 2.89 bits per heavy atom. The molecule has 4 heteroatoms. The summed E-state index contributed by atoms with van der Waals surface area (Å²) in [5, 5.41) is 0.772. The molecule has 1 aliphatic carbocycles. The van der Waals surface area contributed by atoms with Crippen molar-refractivity contribution in [2.75, 3.05) is 13.6 Å². The summed E-state index contributed by atoms with van der Waals surface area (Å²) in [6.45, 7) is 1.75. The molecule has 18 heavy (non-hydrogen) atoms. The Hall–Kier alpha value is -0.0900. The van der Waals surface area contributed by atoms with Crippen LogP contribution in [-0.4, -0.2) is 24.5 Å². The first-order chi connectivity index (χ1) is 8.61. The van der Waals surface area contributed by atoms with E-state index in [-0.39, 0.29) is 0 Å². The first kappa shape index (κ1) is 14.3. The molecule has 0 radical (unpaired) electrons. The summed E-state index contributed by atoms with van der Waals surface area (Å²) in [5.41, 5.74) is 7.13. The molecule has 1 saturated carbocycles. The molecular formula is C14H20BrClN2. The smallest absolute Gasteiger partial charge is 0.0417 e. The molecule has 0 bridgehead atoms. The molecule has 2 nitrogen and oxygen atoms in total. The lowest BCUT2D eigenvalue weighted by Gasteiger charge is -2.29. The van der Waals surface area contributed by atoms with Crippen molar-refractivity contribution in [1.29, 1.82) is 0 Å². The number of hydrogen-bond acceptors (Lipinski definition) is 2. The fraction of sp³-hybridized carbons (Fsp3) is 0.571. The van der Waals surface area contributed by atoms with Gasteiger partial charge in [-0.25, -0.2) is 0 Å². The van der Waals surface area contributed by atoms with Gasteiger partial charge in [0.1, 0.15) is 0 Å². The zero-order valence-electron chi connectivity index (χ0n) is 10.7. The van der Waals surface area contributed by atoms with Crippen LogP contribution in [0.3, 0.4) is 0 Å². The highest BCUT2D eigenvalue weighted by atomic mass is 79.9. The summed E-state index contributed by atoms with van der Waals surface area (Å²) in [4.78, 5) is 2.43. The van der Waals surface area contributed by atoms with Gasteiger partial charge in [-0.05, 0) is 50.0 Å². The van der Waals surface area contributed by atoms with Crippen LogP contribution >= 0.6 is 27.5 Å². The van der Waals surface area contributed by atoms with Crippen LogP contribution in [0.15, 0.2) is 22.7 Å². The van der Waals surface area contributed by atoms with Crippen molar-refractivity contribution < 1.29 is 0 Å². The number of nitrogens with two attached hydrogens (primary N) is 1. The lowest BCUT2D eigenvalue weighted by Crippen LogP contribution is -2.37. The second-order valence-corrected chi connectivity index (χ2v) is 6.44. The van der Waals surface area contributed by atoms with Crippen LogP contribution in [0.25, 0.3) is 0 Å². The number of hydrogen-bond donors (Lipinski definition) is 1. The number of halogens is 2. The van der Waals surface area contributed by atoms with Crippen molar-refractivity contribution in [1.82, 2.24) is 4.90 Å². The van der Waals surface area contributed by atoms with Gasteiger partial charge in [0.2, 0.25) is 0 Å². The molecular weight excluding hydrogens is 312 g/mol. The Labute approximate surface area is 123 Å². The zero-order chi connectivity index (χ0) is 13.1. The molecule has 100 valence electrons. The van der Waals surface area contributed by atoms with Crippen molar-refractivity contribution >= 4 is 27.5 Å². The summed E-state index contributed by atoms with van der Waals surface area (Å²) in [7, 11) is 2.19. The zero-order valence-corrected chi connectivity index (χ0v) is 13.0. The fourth-order valence-electron chi connectivity index (χ4n) is 2.91. The third-order valence-electron chi connectivity index (χ3n) is 3.92. The highest BCUT2D eigenvalue weighted by molar-refractivity contribution is 9.10. The highest BCUT2D eigenvalue weighted by Gasteiger charge is 2.29. The summed E-state index contributed by atoms with van der Waals surface area (Å²) >= 11 is 9.55. The maximum absolute atomic E-state index is 5.97. The normalized spacial score (nSPS) is 23.8. The topological polar surface area (TPSA) is 29.3 Å². The summed E-state index contributed by atoms with van der Waals surface area (Å²) in [6, 6.07) is 6.62. The molecule has 2 rings (SSSR count). The predicted octanol–water partition coefficient (Wildman–Crippen LogP) is 3.66. The molecule has 1 fully saturated rings.